The zero-order valence-corrected chi connectivity index (χ0v) is 22.0. The third-order valence-electron chi connectivity index (χ3n) is 7.70. The van der Waals surface area contributed by atoms with E-state index in [0.29, 0.717) is 32.7 Å². The fourth-order valence-corrected chi connectivity index (χ4v) is 6.96. The Kier molecular flexibility index (Phi) is 6.74. The SMILES string of the molecule is CC(C)(C)C(=O)N1CCC(C(=O)N2CCN(Cc3nc4sc5c(c4c(=O)[nH]3)CCCC5)CC2)CC1. The Morgan fingerprint density at radius 2 is 1.69 bits per heavy atom. The standard InChI is InChI=1S/C26H37N5O3S/c1-26(2,3)25(34)31-10-8-17(9-11-31)24(33)30-14-12-29(13-15-30)16-20-27-22(32)21-18-6-4-5-7-19(18)35-23(21)28-20/h17H,4-16H2,1-3H3,(H,27,28,32). The summed E-state index contributed by atoms with van der Waals surface area (Å²) in [4.78, 5) is 54.7. The molecule has 2 aromatic rings. The number of H-pyrrole nitrogens is 1. The lowest BCUT2D eigenvalue weighted by atomic mass is 9.90. The van der Waals surface area contributed by atoms with Gasteiger partial charge in [0.1, 0.15) is 10.7 Å². The Morgan fingerprint density at radius 3 is 2.37 bits per heavy atom. The molecular weight excluding hydrogens is 462 g/mol. The Bertz CT molecular complexity index is 1160. The van der Waals surface area contributed by atoms with Crippen LogP contribution in [-0.4, -0.2) is 75.8 Å². The number of nitrogens with zero attached hydrogens (tertiary/aromatic N) is 4. The van der Waals surface area contributed by atoms with Crippen LogP contribution in [0, 0.1) is 11.3 Å². The van der Waals surface area contributed by atoms with E-state index in [0.717, 1.165) is 61.2 Å². The third kappa shape index (κ3) is 5.03. The van der Waals surface area contributed by atoms with Crippen LogP contribution in [0.5, 0.6) is 0 Å². The predicted molar refractivity (Wildman–Crippen MR) is 137 cm³/mol. The van der Waals surface area contributed by atoms with Crippen molar-refractivity contribution in [1.82, 2.24) is 24.7 Å². The van der Waals surface area contributed by atoms with E-state index in [4.69, 9.17) is 4.98 Å². The van der Waals surface area contributed by atoms with Crippen molar-refractivity contribution in [2.75, 3.05) is 39.3 Å². The van der Waals surface area contributed by atoms with Crippen LogP contribution in [0.25, 0.3) is 10.2 Å². The summed E-state index contributed by atoms with van der Waals surface area (Å²) in [6.45, 7) is 10.7. The normalized spacial score (nSPS) is 20.3. The van der Waals surface area contributed by atoms with Gasteiger partial charge in [0, 0.05) is 55.5 Å². The number of nitrogens with one attached hydrogen (secondary N) is 1. The van der Waals surface area contributed by atoms with Gasteiger partial charge < -0.3 is 14.8 Å². The number of piperazine rings is 1. The van der Waals surface area contributed by atoms with Gasteiger partial charge in [-0.2, -0.15) is 0 Å². The van der Waals surface area contributed by atoms with E-state index in [1.165, 1.54) is 16.9 Å². The van der Waals surface area contributed by atoms with Gasteiger partial charge in [-0.1, -0.05) is 20.8 Å². The number of likely N-dealkylation sites (tertiary alicyclic amines) is 1. The maximum Gasteiger partial charge on any atom is 0.259 e. The lowest BCUT2D eigenvalue weighted by molar-refractivity contribution is -0.145. The van der Waals surface area contributed by atoms with Gasteiger partial charge >= 0.3 is 0 Å². The van der Waals surface area contributed by atoms with Crippen LogP contribution in [0.3, 0.4) is 0 Å². The van der Waals surface area contributed by atoms with Crippen molar-refractivity contribution in [3.05, 3.63) is 26.6 Å². The average Bonchev–Trinajstić information content (AvgIpc) is 3.22. The molecule has 9 heteroatoms. The minimum atomic E-state index is -0.375. The van der Waals surface area contributed by atoms with Gasteiger partial charge in [0.15, 0.2) is 0 Å². The number of hydrogen-bond donors (Lipinski definition) is 1. The van der Waals surface area contributed by atoms with Gasteiger partial charge in [-0.15, -0.1) is 11.3 Å². The summed E-state index contributed by atoms with van der Waals surface area (Å²) in [6.07, 6.45) is 5.89. The number of thiophene rings is 1. The Morgan fingerprint density at radius 1 is 1.00 bits per heavy atom. The molecule has 0 bridgehead atoms. The fourth-order valence-electron chi connectivity index (χ4n) is 5.68. The number of aromatic amines is 1. The Labute approximate surface area is 210 Å². The van der Waals surface area contributed by atoms with Crippen molar-refractivity contribution in [2.24, 2.45) is 11.3 Å². The van der Waals surface area contributed by atoms with Crippen molar-refractivity contribution in [3.8, 4) is 0 Å². The molecule has 2 aliphatic heterocycles. The van der Waals surface area contributed by atoms with Crippen LogP contribution in [0.2, 0.25) is 0 Å². The van der Waals surface area contributed by atoms with Gasteiger partial charge in [-0.3, -0.25) is 19.3 Å². The molecule has 0 radical (unpaired) electrons. The summed E-state index contributed by atoms with van der Waals surface area (Å²) in [7, 11) is 0. The molecule has 0 unspecified atom stereocenters. The first kappa shape index (κ1) is 24.4. The Balaban J connectivity index is 1.15. The number of fused-ring (bicyclic) bond motifs is 3. The number of aromatic nitrogens is 2. The quantitative estimate of drug-likeness (QED) is 0.702. The van der Waals surface area contributed by atoms with E-state index in [1.807, 2.05) is 30.6 Å². The van der Waals surface area contributed by atoms with Crippen LogP contribution in [-0.2, 0) is 29.0 Å². The lowest BCUT2D eigenvalue weighted by Crippen LogP contribution is -2.52. The van der Waals surface area contributed by atoms with Crippen molar-refractivity contribution < 1.29 is 9.59 Å². The van der Waals surface area contributed by atoms with Crippen molar-refractivity contribution in [3.63, 3.8) is 0 Å². The molecule has 0 atom stereocenters. The minimum absolute atomic E-state index is 0.00509. The topological polar surface area (TPSA) is 89.6 Å². The van der Waals surface area contributed by atoms with Gasteiger partial charge in [0.05, 0.1) is 11.9 Å². The molecule has 3 aliphatic rings. The molecule has 5 rings (SSSR count). The second-order valence-corrected chi connectivity index (χ2v) is 12.4. The maximum atomic E-state index is 13.1. The highest BCUT2D eigenvalue weighted by Gasteiger charge is 2.34. The lowest BCUT2D eigenvalue weighted by Gasteiger charge is -2.39. The van der Waals surface area contributed by atoms with E-state index in [1.54, 1.807) is 11.3 Å². The monoisotopic (exact) mass is 499 g/mol. The molecule has 35 heavy (non-hydrogen) atoms. The minimum Gasteiger partial charge on any atom is -0.342 e. The first-order valence-electron chi connectivity index (χ1n) is 13.0. The second kappa shape index (κ2) is 9.65. The summed E-state index contributed by atoms with van der Waals surface area (Å²) in [6, 6.07) is 0. The zero-order valence-electron chi connectivity index (χ0n) is 21.2. The van der Waals surface area contributed by atoms with E-state index in [2.05, 4.69) is 9.88 Å². The molecular formula is C26H37N5O3S. The summed E-state index contributed by atoms with van der Waals surface area (Å²) in [5, 5.41) is 0.805. The van der Waals surface area contributed by atoms with Crippen LogP contribution >= 0.6 is 11.3 Å². The smallest absolute Gasteiger partial charge is 0.259 e. The van der Waals surface area contributed by atoms with E-state index in [-0.39, 0.29) is 28.7 Å². The first-order valence-corrected chi connectivity index (χ1v) is 13.9. The van der Waals surface area contributed by atoms with Gasteiger partial charge in [0.2, 0.25) is 11.8 Å². The number of carbonyl (C=O) groups excluding carboxylic acids is 2. The molecule has 0 aromatic carbocycles. The van der Waals surface area contributed by atoms with Crippen LogP contribution in [0.4, 0.5) is 0 Å². The molecule has 8 nitrogen and oxygen atoms in total. The fraction of sp³-hybridized carbons (Fsp3) is 0.692. The maximum absolute atomic E-state index is 13.1. The molecule has 4 heterocycles. The third-order valence-corrected chi connectivity index (χ3v) is 8.89. The summed E-state index contributed by atoms with van der Waals surface area (Å²) >= 11 is 1.69. The molecule has 1 aliphatic carbocycles. The van der Waals surface area contributed by atoms with Crippen LogP contribution < -0.4 is 5.56 Å². The highest BCUT2D eigenvalue weighted by Crippen LogP contribution is 2.33. The van der Waals surface area contributed by atoms with E-state index < -0.39 is 0 Å². The molecule has 2 aromatic heterocycles. The summed E-state index contributed by atoms with van der Waals surface area (Å²) in [5.74, 6) is 1.13. The largest absolute Gasteiger partial charge is 0.342 e. The Hall–Kier alpha value is -2.26. The van der Waals surface area contributed by atoms with Crippen molar-refractivity contribution >= 4 is 33.4 Å². The predicted octanol–water partition coefficient (Wildman–Crippen LogP) is 2.79. The van der Waals surface area contributed by atoms with Gasteiger partial charge in [0.25, 0.3) is 5.56 Å². The van der Waals surface area contributed by atoms with Crippen molar-refractivity contribution in [1.29, 1.82) is 0 Å². The van der Waals surface area contributed by atoms with E-state index in [9.17, 15) is 14.4 Å². The van der Waals surface area contributed by atoms with E-state index >= 15 is 0 Å². The zero-order chi connectivity index (χ0) is 24.7. The first-order chi connectivity index (χ1) is 16.7. The molecule has 190 valence electrons. The van der Waals surface area contributed by atoms with Gasteiger partial charge in [-0.05, 0) is 44.1 Å². The molecule has 0 saturated carbocycles. The number of piperidine rings is 1. The molecule has 2 saturated heterocycles. The highest BCUT2D eigenvalue weighted by atomic mass is 32.1. The second-order valence-electron chi connectivity index (χ2n) is 11.3. The molecule has 2 amide bonds. The molecule has 0 spiro atoms. The van der Waals surface area contributed by atoms with Crippen LogP contribution in [0.15, 0.2) is 4.79 Å². The average molecular weight is 500 g/mol. The summed E-state index contributed by atoms with van der Waals surface area (Å²) < 4.78 is 0. The number of aryl methyl sites for hydroxylation is 2. The highest BCUT2D eigenvalue weighted by molar-refractivity contribution is 7.18. The number of rotatable bonds is 3. The van der Waals surface area contributed by atoms with Crippen molar-refractivity contribution in [2.45, 2.75) is 65.8 Å². The van der Waals surface area contributed by atoms with Gasteiger partial charge in [-0.25, -0.2) is 4.98 Å². The van der Waals surface area contributed by atoms with Crippen LogP contribution in [0.1, 0.15) is 62.7 Å². The number of hydrogen-bond acceptors (Lipinski definition) is 6. The summed E-state index contributed by atoms with van der Waals surface area (Å²) in [5.41, 5.74) is 0.839. The molecule has 2 fully saturated rings. The molecule has 1 N–H and O–H groups in total. The number of carbonyl (C=O) groups is 2. The number of amides is 2.